The average molecular weight is 1150 g/mol. The van der Waals surface area contributed by atoms with E-state index in [1.807, 2.05) is 61.7 Å². The number of carbonyl (C=O) groups is 5. The van der Waals surface area contributed by atoms with Crippen LogP contribution in [0.2, 0.25) is 0 Å². The third kappa shape index (κ3) is 28.9. The van der Waals surface area contributed by atoms with Crippen LogP contribution in [0, 0.1) is 6.92 Å². The van der Waals surface area contributed by atoms with E-state index >= 15 is 0 Å². The molecular weight excluding hydrogens is 1090 g/mol. The molecule has 0 saturated carbocycles. The molecule has 2 N–H and O–H groups in total. The first-order chi connectivity index (χ1) is 36.4. The van der Waals surface area contributed by atoms with Gasteiger partial charge in [0.25, 0.3) is 5.91 Å². The normalized spacial score (nSPS) is 11.0. The zero-order valence-electron chi connectivity index (χ0n) is 44.0. The fraction of sp³-hybridized carbons (Fsp3) is 0.182. The Morgan fingerprint density at radius 3 is 1.00 bits per heavy atom. The maximum atomic E-state index is 11.4. The van der Waals surface area contributed by atoms with Crippen molar-refractivity contribution in [2.45, 2.75) is 26.5 Å². The SMILES string of the molecule is COC(=O)/C=C/c1ccccc1C.COC(=O)/C=C/c1ccccc1S(C)(=O)=O.COC(=O)/C=C/c1ccccc1S(C)(=O)=O.COC(=O)/C=C/c1ccccc1SC.CS.CS(=O)(=O)c1ccccc1/C=C/C(=O)NO. The number of methoxy groups -OCH3 is 4. The van der Waals surface area contributed by atoms with Gasteiger partial charge in [0, 0.05) is 54.0 Å². The summed E-state index contributed by atoms with van der Waals surface area (Å²) in [6, 6.07) is 34.9. The summed E-state index contributed by atoms with van der Waals surface area (Å²) in [6.07, 6.45) is 21.0. The van der Waals surface area contributed by atoms with E-state index in [-0.39, 0.29) is 26.6 Å². The first-order valence-corrected chi connectivity index (χ1v) is 29.8. The van der Waals surface area contributed by atoms with Gasteiger partial charge in [0.2, 0.25) is 0 Å². The molecule has 0 atom stereocenters. The lowest BCUT2D eigenvalue weighted by atomic mass is 10.1. The molecule has 0 saturated heterocycles. The monoisotopic (exact) mass is 1150 g/mol. The van der Waals surface area contributed by atoms with Crippen LogP contribution >= 0.6 is 24.4 Å². The van der Waals surface area contributed by atoms with E-state index < -0.39 is 47.4 Å². The molecule has 0 aliphatic heterocycles. The molecule has 0 unspecified atom stereocenters. The van der Waals surface area contributed by atoms with Crippen molar-refractivity contribution < 1.29 is 73.4 Å². The number of benzene rings is 5. The fourth-order valence-electron chi connectivity index (χ4n) is 5.55. The summed E-state index contributed by atoms with van der Waals surface area (Å²) in [5, 5.41) is 8.27. The number of hydroxylamine groups is 1. The number of rotatable bonds is 14. The van der Waals surface area contributed by atoms with Crippen LogP contribution in [0.25, 0.3) is 30.4 Å². The number of amides is 1. The Labute approximate surface area is 461 Å². The van der Waals surface area contributed by atoms with Gasteiger partial charge in [-0.2, -0.15) is 12.6 Å². The summed E-state index contributed by atoms with van der Waals surface area (Å²) < 4.78 is 86.3. The standard InChI is InChI=1S/2C11H12O4S.C11H12O2S.C11H12O2.C10H11NO4S.CH4S/c2*1-15-11(12)8-7-9-5-3-4-6-10(9)16(2,13)14;1-13-11(12)8-7-9-5-3-4-6-10(9)14-2;1-9-5-3-4-6-10(9)7-8-11(12)13-2;1-16(14,15)9-5-3-2-4-8(9)6-7-10(12)11-13;1-2/h2*3-8H,1-2H3;3-8H,1-2H3;3-8H,1-2H3;2-7,13H,1H3,(H,11,12);2H,1H3/b4*8-7+;7-6+;. The molecule has 1 amide bonds. The second kappa shape index (κ2) is 37.4. The maximum absolute atomic E-state index is 11.4. The molecule has 5 aromatic carbocycles. The molecule has 0 radical (unpaired) electrons. The summed E-state index contributed by atoms with van der Waals surface area (Å²) in [5.41, 5.74) is 5.96. The lowest BCUT2D eigenvalue weighted by Gasteiger charge is -2.02. The van der Waals surface area contributed by atoms with Gasteiger partial charge in [0.05, 0.1) is 43.1 Å². The van der Waals surface area contributed by atoms with Crippen LogP contribution in [0.1, 0.15) is 33.4 Å². The second-order valence-corrected chi connectivity index (χ2v) is 21.6. The van der Waals surface area contributed by atoms with Crippen LogP contribution in [-0.2, 0) is 72.4 Å². The number of hydrogen-bond donors (Lipinski definition) is 3. The Morgan fingerprint density at radius 1 is 0.442 bits per heavy atom. The molecular formula is C55H63NO16S5. The van der Waals surface area contributed by atoms with Gasteiger partial charge >= 0.3 is 23.9 Å². The molecule has 0 heterocycles. The Balaban J connectivity index is 0.000000931. The number of hydrogen-bond acceptors (Lipinski definition) is 18. The number of sulfone groups is 3. The van der Waals surface area contributed by atoms with Crippen molar-refractivity contribution in [2.24, 2.45) is 0 Å². The van der Waals surface area contributed by atoms with E-state index in [1.165, 1.54) is 94.7 Å². The van der Waals surface area contributed by atoms with Crippen LogP contribution < -0.4 is 5.48 Å². The lowest BCUT2D eigenvalue weighted by Crippen LogP contribution is -2.14. The van der Waals surface area contributed by atoms with Crippen LogP contribution in [0.15, 0.2) is 171 Å². The fourth-order valence-corrected chi connectivity index (χ4v) is 8.81. The molecule has 17 nitrogen and oxygen atoms in total. The van der Waals surface area contributed by atoms with Crippen LogP contribution in [-0.4, -0.2) is 120 Å². The van der Waals surface area contributed by atoms with Gasteiger partial charge in [-0.1, -0.05) is 97.1 Å². The molecule has 5 rings (SSSR count). The minimum atomic E-state index is -3.33. The van der Waals surface area contributed by atoms with E-state index in [0.717, 1.165) is 46.4 Å². The molecule has 0 spiro atoms. The highest BCUT2D eigenvalue weighted by molar-refractivity contribution is 7.98. The van der Waals surface area contributed by atoms with E-state index in [2.05, 4.69) is 31.6 Å². The van der Waals surface area contributed by atoms with Crippen molar-refractivity contribution >= 4 is 114 Å². The Morgan fingerprint density at radius 2 is 0.701 bits per heavy atom. The highest BCUT2D eigenvalue weighted by Gasteiger charge is 2.13. The first-order valence-electron chi connectivity index (χ1n) is 22.0. The van der Waals surface area contributed by atoms with Crippen molar-refractivity contribution in [3.05, 3.63) is 185 Å². The Hall–Kier alpha value is -7.34. The predicted molar refractivity (Wildman–Crippen MR) is 306 cm³/mol. The molecule has 0 fully saturated rings. The maximum Gasteiger partial charge on any atom is 0.330 e. The number of ether oxygens (including phenoxy) is 4. The Bertz CT molecular complexity index is 2990. The highest BCUT2D eigenvalue weighted by atomic mass is 32.2. The average Bonchev–Trinajstić information content (AvgIpc) is 3.42. The van der Waals surface area contributed by atoms with Gasteiger partial charge in [0.1, 0.15) is 0 Å². The first kappa shape index (κ1) is 69.7. The van der Waals surface area contributed by atoms with Crippen molar-refractivity contribution in [1.82, 2.24) is 5.48 Å². The minimum absolute atomic E-state index is 0.136. The van der Waals surface area contributed by atoms with Gasteiger partial charge in [-0.25, -0.2) is 49.9 Å². The van der Waals surface area contributed by atoms with Gasteiger partial charge < -0.3 is 18.9 Å². The number of carbonyl (C=O) groups excluding carboxylic acids is 5. The highest BCUT2D eigenvalue weighted by Crippen LogP contribution is 2.21. The van der Waals surface area contributed by atoms with Crippen molar-refractivity contribution in [3.8, 4) is 0 Å². The molecule has 77 heavy (non-hydrogen) atoms. The summed E-state index contributed by atoms with van der Waals surface area (Å²) in [6.45, 7) is 2.00. The predicted octanol–water partition coefficient (Wildman–Crippen LogP) is 8.48. The lowest BCUT2D eigenvalue weighted by molar-refractivity contribution is -0.135. The zero-order valence-corrected chi connectivity index (χ0v) is 48.1. The van der Waals surface area contributed by atoms with E-state index in [0.29, 0.717) is 16.7 Å². The summed E-state index contributed by atoms with van der Waals surface area (Å²) in [4.78, 5) is 55.8. The topological polar surface area (TPSA) is 257 Å². The molecule has 22 heteroatoms. The number of thiol groups is 1. The second-order valence-electron chi connectivity index (χ2n) is 14.8. The molecule has 5 aromatic rings. The summed E-state index contributed by atoms with van der Waals surface area (Å²) in [5.74, 6) is -2.43. The van der Waals surface area contributed by atoms with Gasteiger partial charge in [-0.05, 0) is 107 Å². The summed E-state index contributed by atoms with van der Waals surface area (Å²) >= 11 is 5.18. The van der Waals surface area contributed by atoms with Crippen molar-refractivity contribution in [1.29, 1.82) is 0 Å². The molecule has 0 aromatic heterocycles. The van der Waals surface area contributed by atoms with Crippen molar-refractivity contribution in [3.63, 3.8) is 0 Å². The van der Waals surface area contributed by atoms with E-state index in [9.17, 15) is 49.2 Å². The third-order valence-electron chi connectivity index (χ3n) is 9.21. The largest absolute Gasteiger partial charge is 0.466 e. The Kier molecular flexibility index (Phi) is 33.8. The van der Waals surface area contributed by atoms with Crippen molar-refractivity contribution in [2.75, 3.05) is 59.7 Å². The number of esters is 4. The van der Waals surface area contributed by atoms with Gasteiger partial charge in [0.15, 0.2) is 29.5 Å². The van der Waals surface area contributed by atoms with Gasteiger partial charge in [-0.3, -0.25) is 10.0 Å². The third-order valence-corrected chi connectivity index (χ3v) is 13.5. The minimum Gasteiger partial charge on any atom is -0.466 e. The van der Waals surface area contributed by atoms with Gasteiger partial charge in [-0.15, -0.1) is 11.8 Å². The smallest absolute Gasteiger partial charge is 0.330 e. The van der Waals surface area contributed by atoms with Crippen LogP contribution in [0.5, 0.6) is 0 Å². The van der Waals surface area contributed by atoms with E-state index in [4.69, 9.17) is 5.21 Å². The van der Waals surface area contributed by atoms with E-state index in [1.54, 1.807) is 84.8 Å². The summed E-state index contributed by atoms with van der Waals surface area (Å²) in [7, 11) is -4.66. The molecule has 0 aliphatic rings. The van der Waals surface area contributed by atoms with Crippen LogP contribution in [0.4, 0.5) is 0 Å². The van der Waals surface area contributed by atoms with Crippen LogP contribution in [0.3, 0.4) is 0 Å². The number of aryl methyl sites for hydroxylation is 1. The quantitative estimate of drug-likeness (QED) is 0.0179. The zero-order chi connectivity index (χ0) is 58.6. The molecule has 0 aliphatic carbocycles. The molecule has 414 valence electrons. The number of thioether (sulfide) groups is 1. The number of nitrogens with one attached hydrogen (secondary N) is 1. The molecule has 0 bridgehead atoms.